The van der Waals surface area contributed by atoms with Crippen LogP contribution in [0.2, 0.25) is 0 Å². The summed E-state index contributed by atoms with van der Waals surface area (Å²) in [6.45, 7) is 7.74. The van der Waals surface area contributed by atoms with Gasteiger partial charge in [-0.15, -0.1) is 0 Å². The van der Waals surface area contributed by atoms with Gasteiger partial charge in [0.2, 0.25) is 0 Å². The number of nitrogens with one attached hydrogen (secondary N) is 1. The highest BCUT2D eigenvalue weighted by molar-refractivity contribution is 4.61. The Morgan fingerprint density at radius 2 is 1.59 bits per heavy atom. The molecule has 17 heavy (non-hydrogen) atoms. The second kappa shape index (κ2) is 14.0. The van der Waals surface area contributed by atoms with Crippen molar-refractivity contribution in [3.63, 3.8) is 0 Å². The third kappa shape index (κ3) is 12.2. The third-order valence-corrected chi connectivity index (χ3v) is 3.43. The molecule has 3 N–H and O–H groups in total. The Balaban J connectivity index is 3.34. The van der Waals surface area contributed by atoms with Gasteiger partial charge >= 0.3 is 0 Å². The van der Waals surface area contributed by atoms with Gasteiger partial charge < -0.3 is 11.1 Å². The van der Waals surface area contributed by atoms with E-state index >= 15 is 0 Å². The predicted molar refractivity (Wildman–Crippen MR) is 78.3 cm³/mol. The highest BCUT2D eigenvalue weighted by Gasteiger charge is 2.06. The first-order valence-corrected chi connectivity index (χ1v) is 7.75. The number of unbranched alkanes of at least 4 members (excludes halogenated alkanes) is 3. The molecule has 104 valence electrons. The molecule has 1 unspecified atom stereocenters. The van der Waals surface area contributed by atoms with Crippen molar-refractivity contribution in [1.29, 1.82) is 0 Å². The van der Waals surface area contributed by atoms with Crippen LogP contribution in [0.3, 0.4) is 0 Å². The molecule has 0 fully saturated rings. The highest BCUT2D eigenvalue weighted by Crippen LogP contribution is 2.19. The molecule has 0 aliphatic rings. The maximum atomic E-state index is 5.68. The molecule has 2 nitrogen and oxygen atoms in total. The second-order valence-corrected chi connectivity index (χ2v) is 5.18. The molecule has 0 aromatic rings. The van der Waals surface area contributed by atoms with E-state index in [1.807, 2.05) is 0 Å². The molecule has 0 bridgehead atoms. The molecule has 0 aromatic carbocycles. The van der Waals surface area contributed by atoms with Gasteiger partial charge in [-0.1, -0.05) is 52.4 Å². The lowest BCUT2D eigenvalue weighted by molar-refractivity contribution is 0.392. The average Bonchev–Trinajstić information content (AvgIpc) is 2.34. The van der Waals surface area contributed by atoms with Gasteiger partial charge in [0.1, 0.15) is 0 Å². The first kappa shape index (κ1) is 16.9. The van der Waals surface area contributed by atoms with E-state index in [9.17, 15) is 0 Å². The molecule has 0 heterocycles. The van der Waals surface area contributed by atoms with Crippen LogP contribution in [-0.4, -0.2) is 19.6 Å². The van der Waals surface area contributed by atoms with E-state index in [-0.39, 0.29) is 0 Å². The SMILES string of the molecule is CCCCC(CCN)CCCCCNCCC. The third-order valence-electron chi connectivity index (χ3n) is 3.43. The van der Waals surface area contributed by atoms with Crippen molar-refractivity contribution in [3.05, 3.63) is 0 Å². The average molecular weight is 242 g/mol. The summed E-state index contributed by atoms with van der Waals surface area (Å²) in [6.07, 6.45) is 12.1. The zero-order valence-electron chi connectivity index (χ0n) is 12.1. The minimum atomic E-state index is 0.867. The minimum absolute atomic E-state index is 0.867. The number of rotatable bonds is 13. The Bertz CT molecular complexity index is 137. The van der Waals surface area contributed by atoms with E-state index in [0.717, 1.165) is 12.5 Å². The topological polar surface area (TPSA) is 38.0 Å². The highest BCUT2D eigenvalue weighted by atomic mass is 14.8. The van der Waals surface area contributed by atoms with E-state index in [1.165, 1.54) is 70.9 Å². The quantitative estimate of drug-likeness (QED) is 0.483. The summed E-state index contributed by atoms with van der Waals surface area (Å²) in [5, 5.41) is 3.46. The fraction of sp³-hybridized carbons (Fsp3) is 1.00. The molecule has 0 rings (SSSR count). The molecule has 0 radical (unpaired) electrons. The lowest BCUT2D eigenvalue weighted by Gasteiger charge is -2.15. The fourth-order valence-corrected chi connectivity index (χ4v) is 2.32. The number of nitrogens with two attached hydrogens (primary N) is 1. The van der Waals surface area contributed by atoms with E-state index in [4.69, 9.17) is 5.73 Å². The standard InChI is InChI=1S/C15H34N2/c1-3-5-9-15(11-12-16)10-7-6-8-14-17-13-4-2/h15,17H,3-14,16H2,1-2H3. The van der Waals surface area contributed by atoms with Gasteiger partial charge in [-0.25, -0.2) is 0 Å². The van der Waals surface area contributed by atoms with Gasteiger partial charge in [0.25, 0.3) is 0 Å². The maximum absolute atomic E-state index is 5.68. The van der Waals surface area contributed by atoms with Crippen LogP contribution in [0.25, 0.3) is 0 Å². The molecule has 1 atom stereocenters. The largest absolute Gasteiger partial charge is 0.330 e. The Labute approximate surface area is 109 Å². The van der Waals surface area contributed by atoms with Gasteiger partial charge in [0.15, 0.2) is 0 Å². The summed E-state index contributed by atoms with van der Waals surface area (Å²) in [5.74, 6) is 0.892. The van der Waals surface area contributed by atoms with E-state index in [1.54, 1.807) is 0 Å². The molecule has 0 amide bonds. The normalized spacial score (nSPS) is 12.9. The molecule has 0 aliphatic carbocycles. The first-order chi connectivity index (χ1) is 8.35. The van der Waals surface area contributed by atoms with Crippen LogP contribution < -0.4 is 11.1 Å². The van der Waals surface area contributed by atoms with Crippen LogP contribution in [0.1, 0.15) is 71.6 Å². The Morgan fingerprint density at radius 3 is 2.24 bits per heavy atom. The zero-order valence-corrected chi connectivity index (χ0v) is 12.1. The first-order valence-electron chi connectivity index (χ1n) is 7.75. The number of hydrogen-bond donors (Lipinski definition) is 2. The zero-order chi connectivity index (χ0) is 12.8. The van der Waals surface area contributed by atoms with Crippen LogP contribution in [0.4, 0.5) is 0 Å². The van der Waals surface area contributed by atoms with E-state index in [2.05, 4.69) is 19.2 Å². The molecule has 0 saturated heterocycles. The Kier molecular flexibility index (Phi) is 13.9. The van der Waals surface area contributed by atoms with Gasteiger partial charge in [-0.3, -0.25) is 0 Å². The van der Waals surface area contributed by atoms with Crippen molar-refractivity contribution in [2.24, 2.45) is 11.7 Å². The second-order valence-electron chi connectivity index (χ2n) is 5.18. The van der Waals surface area contributed by atoms with Gasteiger partial charge in [0, 0.05) is 0 Å². The lowest BCUT2D eigenvalue weighted by Crippen LogP contribution is -2.15. The maximum Gasteiger partial charge on any atom is -0.00489 e. The molecule has 0 aliphatic heterocycles. The van der Waals surface area contributed by atoms with Crippen molar-refractivity contribution in [2.75, 3.05) is 19.6 Å². The fourth-order valence-electron chi connectivity index (χ4n) is 2.32. The van der Waals surface area contributed by atoms with E-state index < -0.39 is 0 Å². The summed E-state index contributed by atoms with van der Waals surface area (Å²) >= 11 is 0. The summed E-state index contributed by atoms with van der Waals surface area (Å²) < 4.78 is 0. The number of hydrogen-bond acceptors (Lipinski definition) is 2. The van der Waals surface area contributed by atoms with Crippen LogP contribution in [0, 0.1) is 5.92 Å². The molecule has 0 saturated carbocycles. The van der Waals surface area contributed by atoms with Crippen molar-refractivity contribution in [1.82, 2.24) is 5.32 Å². The monoisotopic (exact) mass is 242 g/mol. The van der Waals surface area contributed by atoms with Crippen molar-refractivity contribution in [3.8, 4) is 0 Å². The summed E-state index contributed by atoms with van der Waals surface area (Å²) in [4.78, 5) is 0. The molecule has 0 aromatic heterocycles. The smallest absolute Gasteiger partial charge is 0.00489 e. The predicted octanol–water partition coefficient (Wildman–Crippen LogP) is 3.70. The molecular formula is C15H34N2. The van der Waals surface area contributed by atoms with Crippen LogP contribution in [-0.2, 0) is 0 Å². The van der Waals surface area contributed by atoms with E-state index in [0.29, 0.717) is 0 Å². The summed E-state index contributed by atoms with van der Waals surface area (Å²) in [7, 11) is 0. The van der Waals surface area contributed by atoms with Crippen molar-refractivity contribution < 1.29 is 0 Å². The molecule has 0 spiro atoms. The minimum Gasteiger partial charge on any atom is -0.330 e. The Morgan fingerprint density at radius 1 is 0.824 bits per heavy atom. The Hall–Kier alpha value is -0.0800. The van der Waals surface area contributed by atoms with Gasteiger partial charge in [0.05, 0.1) is 0 Å². The van der Waals surface area contributed by atoms with Crippen LogP contribution >= 0.6 is 0 Å². The summed E-state index contributed by atoms with van der Waals surface area (Å²) in [6, 6.07) is 0. The van der Waals surface area contributed by atoms with Crippen molar-refractivity contribution in [2.45, 2.75) is 71.6 Å². The lowest BCUT2D eigenvalue weighted by atomic mass is 9.92. The molecular weight excluding hydrogens is 208 g/mol. The van der Waals surface area contributed by atoms with Crippen LogP contribution in [0.5, 0.6) is 0 Å². The molecule has 2 heteroatoms. The van der Waals surface area contributed by atoms with Crippen LogP contribution in [0.15, 0.2) is 0 Å². The summed E-state index contributed by atoms with van der Waals surface area (Å²) in [5.41, 5.74) is 5.68. The van der Waals surface area contributed by atoms with Gasteiger partial charge in [-0.2, -0.15) is 0 Å². The van der Waals surface area contributed by atoms with Crippen molar-refractivity contribution >= 4 is 0 Å². The van der Waals surface area contributed by atoms with Gasteiger partial charge in [-0.05, 0) is 44.8 Å².